The fraction of sp³-hybridized carbons (Fsp3) is 0.438. The van der Waals surface area contributed by atoms with Crippen LogP contribution in [-0.4, -0.2) is 35.4 Å². The zero-order valence-electron chi connectivity index (χ0n) is 12.6. The quantitative estimate of drug-likeness (QED) is 0.920. The molecule has 1 unspecified atom stereocenters. The van der Waals surface area contributed by atoms with E-state index in [9.17, 15) is 0 Å². The van der Waals surface area contributed by atoms with Crippen LogP contribution in [0.4, 0.5) is 0 Å². The van der Waals surface area contributed by atoms with Crippen LogP contribution in [0, 0.1) is 0 Å². The number of hydrogen-bond donors (Lipinski definition) is 1. The topological polar surface area (TPSA) is 45.4 Å². The Morgan fingerprint density at radius 1 is 1.43 bits per heavy atom. The van der Waals surface area contributed by atoms with E-state index in [1.165, 1.54) is 16.7 Å². The van der Waals surface area contributed by atoms with Gasteiger partial charge >= 0.3 is 0 Å². The summed E-state index contributed by atoms with van der Waals surface area (Å²) in [6, 6.07) is 7.14. The first kappa shape index (κ1) is 14.7. The lowest BCUT2D eigenvalue weighted by atomic mass is 10.0. The van der Waals surface area contributed by atoms with E-state index in [4.69, 9.17) is 5.73 Å². The second-order valence-corrected chi connectivity index (χ2v) is 6.83. The lowest BCUT2D eigenvalue weighted by Crippen LogP contribution is -2.27. The normalized spacial score (nSPS) is 18.4. The molecule has 2 aromatic rings. The molecule has 1 aliphatic rings. The minimum absolute atomic E-state index is 0.311. The van der Waals surface area contributed by atoms with Crippen molar-refractivity contribution in [2.24, 2.45) is 5.73 Å². The Kier molecular flexibility index (Phi) is 4.35. The van der Waals surface area contributed by atoms with E-state index in [0.717, 1.165) is 24.6 Å². The minimum atomic E-state index is 0.311. The van der Waals surface area contributed by atoms with E-state index in [1.807, 2.05) is 11.6 Å². The zero-order chi connectivity index (χ0) is 14.8. The Bertz CT molecular complexity index is 594. The fourth-order valence-corrected chi connectivity index (χ4v) is 3.68. The predicted molar refractivity (Wildman–Crippen MR) is 87.0 cm³/mol. The number of rotatable bonds is 5. The largest absolute Gasteiger partial charge is 0.329 e. The second kappa shape index (κ2) is 6.23. The van der Waals surface area contributed by atoms with Crippen LogP contribution in [0.15, 0.2) is 29.8 Å². The molecule has 0 bridgehead atoms. The summed E-state index contributed by atoms with van der Waals surface area (Å²) in [6.45, 7) is 3.48. The molecule has 21 heavy (non-hydrogen) atoms. The molecule has 0 saturated carbocycles. The first-order valence-electron chi connectivity index (χ1n) is 7.26. The van der Waals surface area contributed by atoms with Crippen LogP contribution in [0.3, 0.4) is 0 Å². The van der Waals surface area contributed by atoms with Gasteiger partial charge in [-0.25, -0.2) is 4.98 Å². The summed E-state index contributed by atoms with van der Waals surface area (Å²) in [5, 5.41) is 3.19. The molecule has 1 atom stereocenters. The zero-order valence-corrected chi connectivity index (χ0v) is 13.4. The lowest BCUT2D eigenvalue weighted by molar-refractivity contribution is 0.210. The van der Waals surface area contributed by atoms with Crippen LogP contribution in [0.25, 0.3) is 0 Å². The maximum atomic E-state index is 6.05. The highest BCUT2D eigenvalue weighted by atomic mass is 32.1. The van der Waals surface area contributed by atoms with Crippen molar-refractivity contribution in [3.63, 3.8) is 0 Å². The molecule has 3 rings (SSSR count). The maximum absolute atomic E-state index is 6.05. The Morgan fingerprint density at radius 3 is 2.95 bits per heavy atom. The molecule has 5 heteroatoms. The highest BCUT2D eigenvalue weighted by molar-refractivity contribution is 7.09. The highest BCUT2D eigenvalue weighted by Crippen LogP contribution is 2.35. The van der Waals surface area contributed by atoms with Crippen LogP contribution < -0.4 is 5.73 Å². The molecule has 2 heterocycles. The third-order valence-corrected chi connectivity index (χ3v) is 4.69. The summed E-state index contributed by atoms with van der Waals surface area (Å²) in [5.41, 5.74) is 10.2. The van der Waals surface area contributed by atoms with Gasteiger partial charge in [-0.15, -0.1) is 11.3 Å². The van der Waals surface area contributed by atoms with Gasteiger partial charge in [-0.05, 0) is 30.8 Å². The van der Waals surface area contributed by atoms with Gasteiger partial charge in [-0.3, -0.25) is 4.90 Å². The molecule has 2 N–H and O–H groups in total. The monoisotopic (exact) mass is 302 g/mol. The SMILES string of the molecule is CN(C)Cc1ccc2c(c1)C(CN)N(Cc1nccs1)C2. The molecule has 1 aromatic heterocycles. The molecule has 0 amide bonds. The third kappa shape index (κ3) is 3.16. The fourth-order valence-electron chi connectivity index (χ4n) is 3.03. The van der Waals surface area contributed by atoms with Gasteiger partial charge in [0, 0.05) is 37.3 Å². The van der Waals surface area contributed by atoms with Crippen LogP contribution in [0.5, 0.6) is 0 Å². The predicted octanol–water partition coefficient (Wildman–Crippen LogP) is 2.22. The van der Waals surface area contributed by atoms with E-state index in [0.29, 0.717) is 12.6 Å². The summed E-state index contributed by atoms with van der Waals surface area (Å²) in [7, 11) is 4.20. The van der Waals surface area contributed by atoms with Crippen LogP contribution in [0.1, 0.15) is 27.7 Å². The number of thiazole rings is 1. The van der Waals surface area contributed by atoms with Crippen LogP contribution in [0.2, 0.25) is 0 Å². The molecule has 1 aliphatic heterocycles. The van der Waals surface area contributed by atoms with Gasteiger partial charge < -0.3 is 10.6 Å². The molecule has 0 fully saturated rings. The summed E-state index contributed by atoms with van der Waals surface area (Å²) in [6.07, 6.45) is 1.87. The lowest BCUT2D eigenvalue weighted by Gasteiger charge is -2.22. The molecular weight excluding hydrogens is 280 g/mol. The van der Waals surface area contributed by atoms with Gasteiger partial charge in [0.1, 0.15) is 5.01 Å². The van der Waals surface area contributed by atoms with Crippen molar-refractivity contribution < 1.29 is 0 Å². The van der Waals surface area contributed by atoms with Gasteiger partial charge in [0.2, 0.25) is 0 Å². The van der Waals surface area contributed by atoms with Crippen molar-refractivity contribution in [1.29, 1.82) is 0 Å². The minimum Gasteiger partial charge on any atom is -0.329 e. The first-order chi connectivity index (χ1) is 10.2. The van der Waals surface area contributed by atoms with E-state index in [-0.39, 0.29) is 0 Å². The van der Waals surface area contributed by atoms with E-state index in [1.54, 1.807) is 11.3 Å². The number of nitrogens with zero attached hydrogens (tertiary/aromatic N) is 3. The van der Waals surface area contributed by atoms with Crippen molar-refractivity contribution in [3.8, 4) is 0 Å². The van der Waals surface area contributed by atoms with Gasteiger partial charge in [0.25, 0.3) is 0 Å². The second-order valence-electron chi connectivity index (χ2n) is 5.85. The Hall–Kier alpha value is -1.27. The first-order valence-corrected chi connectivity index (χ1v) is 8.14. The number of benzene rings is 1. The van der Waals surface area contributed by atoms with Crippen LogP contribution in [-0.2, 0) is 19.6 Å². The Balaban J connectivity index is 1.82. The van der Waals surface area contributed by atoms with E-state index < -0.39 is 0 Å². The number of hydrogen-bond acceptors (Lipinski definition) is 5. The molecule has 0 saturated heterocycles. The third-order valence-electron chi connectivity index (χ3n) is 3.93. The van der Waals surface area contributed by atoms with Gasteiger partial charge in [0.15, 0.2) is 0 Å². The van der Waals surface area contributed by atoms with Crippen molar-refractivity contribution >= 4 is 11.3 Å². The summed E-state index contributed by atoms with van der Waals surface area (Å²) in [5.74, 6) is 0. The van der Waals surface area contributed by atoms with Gasteiger partial charge in [-0.1, -0.05) is 18.2 Å². The van der Waals surface area contributed by atoms with E-state index in [2.05, 4.69) is 47.1 Å². The standard InChI is InChI=1S/C16H22N4S/c1-19(2)9-12-3-4-13-10-20(11-16-18-5-6-21-16)15(8-17)14(13)7-12/h3-7,15H,8-11,17H2,1-2H3. The van der Waals surface area contributed by atoms with Crippen molar-refractivity contribution in [2.45, 2.75) is 25.7 Å². The van der Waals surface area contributed by atoms with Crippen molar-refractivity contribution in [2.75, 3.05) is 20.6 Å². The molecule has 1 aromatic carbocycles. The number of aromatic nitrogens is 1. The Morgan fingerprint density at radius 2 is 2.29 bits per heavy atom. The summed E-state index contributed by atoms with van der Waals surface area (Å²) < 4.78 is 0. The smallest absolute Gasteiger partial charge is 0.107 e. The number of nitrogens with two attached hydrogens (primary N) is 1. The van der Waals surface area contributed by atoms with Crippen molar-refractivity contribution in [3.05, 3.63) is 51.5 Å². The van der Waals surface area contributed by atoms with E-state index >= 15 is 0 Å². The maximum Gasteiger partial charge on any atom is 0.107 e. The molecule has 0 aliphatic carbocycles. The van der Waals surface area contributed by atoms with Crippen LogP contribution >= 0.6 is 11.3 Å². The van der Waals surface area contributed by atoms with Gasteiger partial charge in [0.05, 0.1) is 6.54 Å². The molecule has 112 valence electrons. The average molecular weight is 302 g/mol. The van der Waals surface area contributed by atoms with Crippen molar-refractivity contribution in [1.82, 2.24) is 14.8 Å². The number of fused-ring (bicyclic) bond motifs is 1. The molecule has 4 nitrogen and oxygen atoms in total. The van der Waals surface area contributed by atoms with Gasteiger partial charge in [-0.2, -0.15) is 0 Å². The average Bonchev–Trinajstić information content (AvgIpc) is 3.05. The summed E-state index contributed by atoms with van der Waals surface area (Å²) >= 11 is 1.71. The molecule has 0 spiro atoms. The highest BCUT2D eigenvalue weighted by Gasteiger charge is 2.29. The molecule has 0 radical (unpaired) electrons. The Labute approximate surface area is 130 Å². The molecular formula is C16H22N4S. The summed E-state index contributed by atoms with van der Waals surface area (Å²) in [4.78, 5) is 9.03.